The van der Waals surface area contributed by atoms with Gasteiger partial charge in [-0.15, -0.1) is 0 Å². The van der Waals surface area contributed by atoms with Crippen LogP contribution in [0.2, 0.25) is 0 Å². The number of carbonyl (C=O) groups excluding carboxylic acids is 3. The van der Waals surface area contributed by atoms with E-state index in [-0.39, 0.29) is 17.9 Å². The van der Waals surface area contributed by atoms with E-state index in [0.29, 0.717) is 34.3 Å². The summed E-state index contributed by atoms with van der Waals surface area (Å²) >= 11 is 0. The maximum atomic E-state index is 12.7. The molecular formula is C22H24N4O4. The average molecular weight is 408 g/mol. The van der Waals surface area contributed by atoms with Crippen LogP contribution >= 0.6 is 0 Å². The summed E-state index contributed by atoms with van der Waals surface area (Å²) in [7, 11) is 0. The second-order valence-corrected chi connectivity index (χ2v) is 8.07. The largest absolute Gasteiger partial charge is 0.463 e. The van der Waals surface area contributed by atoms with E-state index in [0.717, 1.165) is 0 Å². The summed E-state index contributed by atoms with van der Waals surface area (Å²) in [5.41, 5.74) is 5.99. The van der Waals surface area contributed by atoms with Crippen LogP contribution in [0.1, 0.15) is 37.6 Å². The lowest BCUT2D eigenvalue weighted by Gasteiger charge is -2.17. The average Bonchev–Trinajstić information content (AvgIpc) is 3.23. The van der Waals surface area contributed by atoms with Crippen LogP contribution in [0.4, 0.5) is 0 Å². The Hall–Kier alpha value is -3.68. The van der Waals surface area contributed by atoms with Crippen LogP contribution in [-0.4, -0.2) is 29.3 Å². The molecule has 3 amide bonds. The third-order valence-electron chi connectivity index (χ3n) is 4.19. The van der Waals surface area contributed by atoms with Crippen LogP contribution < -0.4 is 16.2 Å². The fraction of sp³-hybridized carbons (Fsp3) is 0.273. The Bertz CT molecular complexity index is 1070. The van der Waals surface area contributed by atoms with Crippen molar-refractivity contribution in [1.29, 1.82) is 0 Å². The Morgan fingerprint density at radius 2 is 1.77 bits per heavy atom. The fourth-order valence-corrected chi connectivity index (χ4v) is 2.87. The molecule has 0 fully saturated rings. The highest BCUT2D eigenvalue weighted by Gasteiger charge is 2.18. The molecule has 8 heteroatoms. The van der Waals surface area contributed by atoms with Crippen LogP contribution in [0.25, 0.3) is 22.4 Å². The van der Waals surface area contributed by atoms with Crippen LogP contribution in [0, 0.1) is 5.41 Å². The van der Waals surface area contributed by atoms with E-state index in [1.54, 1.807) is 36.4 Å². The molecule has 0 spiro atoms. The summed E-state index contributed by atoms with van der Waals surface area (Å²) in [6.45, 7) is 5.57. The van der Waals surface area contributed by atoms with Gasteiger partial charge in [-0.05, 0) is 29.7 Å². The number of amides is 3. The molecule has 3 N–H and O–H groups in total. The van der Waals surface area contributed by atoms with Gasteiger partial charge < -0.3 is 9.73 Å². The van der Waals surface area contributed by atoms with Crippen LogP contribution in [0.15, 0.2) is 53.1 Å². The fourth-order valence-electron chi connectivity index (χ4n) is 2.87. The number of pyridine rings is 1. The van der Waals surface area contributed by atoms with E-state index >= 15 is 0 Å². The smallest absolute Gasteiger partial charge is 0.270 e. The number of aromatic nitrogens is 1. The van der Waals surface area contributed by atoms with Gasteiger partial charge in [-0.2, -0.15) is 0 Å². The Morgan fingerprint density at radius 1 is 1.00 bits per heavy atom. The zero-order valence-electron chi connectivity index (χ0n) is 17.1. The summed E-state index contributed by atoms with van der Waals surface area (Å²) in [4.78, 5) is 41.1. The summed E-state index contributed by atoms with van der Waals surface area (Å²) in [5, 5.41) is 3.17. The summed E-state index contributed by atoms with van der Waals surface area (Å²) in [6.07, 6.45) is 1.82. The minimum atomic E-state index is -0.532. The number of carbonyl (C=O) groups is 3. The van der Waals surface area contributed by atoms with E-state index in [1.807, 2.05) is 26.8 Å². The minimum absolute atomic E-state index is 0.178. The summed E-state index contributed by atoms with van der Waals surface area (Å²) < 4.78 is 5.39. The third kappa shape index (κ3) is 5.44. The number of benzene rings is 1. The number of nitrogens with one attached hydrogen (secondary N) is 3. The molecule has 8 nitrogen and oxygen atoms in total. The number of fused-ring (bicyclic) bond motifs is 1. The van der Waals surface area contributed by atoms with Crippen LogP contribution in [0.3, 0.4) is 0 Å². The van der Waals surface area contributed by atoms with Gasteiger partial charge in [0.15, 0.2) is 5.76 Å². The first-order valence-electron chi connectivity index (χ1n) is 9.52. The van der Waals surface area contributed by atoms with Crippen molar-refractivity contribution in [2.24, 2.45) is 5.41 Å². The predicted octanol–water partition coefficient (Wildman–Crippen LogP) is 2.81. The SMILES string of the molecule is CC(C)(C)CC(=O)NCC(=O)NNC(=O)c1cc(-c2ccco2)nc2ccccc12. The molecule has 3 rings (SSSR count). The Balaban J connectivity index is 1.68. The predicted molar refractivity (Wildman–Crippen MR) is 112 cm³/mol. The highest BCUT2D eigenvalue weighted by atomic mass is 16.3. The van der Waals surface area contributed by atoms with Gasteiger partial charge in [0, 0.05) is 11.8 Å². The number of hydrogen-bond acceptors (Lipinski definition) is 5. The second-order valence-electron chi connectivity index (χ2n) is 8.07. The molecule has 2 aromatic heterocycles. The zero-order chi connectivity index (χ0) is 21.7. The monoisotopic (exact) mass is 408 g/mol. The van der Waals surface area contributed by atoms with Gasteiger partial charge in [-0.1, -0.05) is 39.0 Å². The van der Waals surface area contributed by atoms with E-state index in [2.05, 4.69) is 21.2 Å². The lowest BCUT2D eigenvalue weighted by molar-refractivity contribution is -0.127. The topological polar surface area (TPSA) is 113 Å². The quantitative estimate of drug-likeness (QED) is 0.562. The van der Waals surface area contributed by atoms with Crippen molar-refractivity contribution in [3.05, 3.63) is 54.3 Å². The van der Waals surface area contributed by atoms with Crippen LogP contribution in [0.5, 0.6) is 0 Å². The maximum absolute atomic E-state index is 12.7. The zero-order valence-corrected chi connectivity index (χ0v) is 17.1. The third-order valence-corrected chi connectivity index (χ3v) is 4.19. The molecule has 30 heavy (non-hydrogen) atoms. The molecule has 0 radical (unpaired) electrons. The molecule has 2 heterocycles. The van der Waals surface area contributed by atoms with Crippen molar-refractivity contribution in [2.75, 3.05) is 6.54 Å². The Labute approximate surface area is 174 Å². The lowest BCUT2D eigenvalue weighted by Crippen LogP contribution is -2.46. The van der Waals surface area contributed by atoms with E-state index in [4.69, 9.17) is 4.42 Å². The number of nitrogens with zero attached hydrogens (tertiary/aromatic N) is 1. The molecular weight excluding hydrogens is 384 g/mol. The number of furan rings is 1. The van der Waals surface area contributed by atoms with E-state index < -0.39 is 11.8 Å². The molecule has 156 valence electrons. The molecule has 0 unspecified atom stereocenters. The molecule has 0 aliphatic carbocycles. The Kier molecular flexibility index (Phi) is 6.15. The molecule has 0 bridgehead atoms. The van der Waals surface area contributed by atoms with Crippen LogP contribution in [-0.2, 0) is 9.59 Å². The van der Waals surface area contributed by atoms with Gasteiger partial charge in [0.05, 0.1) is 23.9 Å². The molecule has 0 atom stereocenters. The van der Waals surface area contributed by atoms with Crippen molar-refractivity contribution in [1.82, 2.24) is 21.2 Å². The minimum Gasteiger partial charge on any atom is -0.463 e. The first-order chi connectivity index (χ1) is 14.2. The summed E-state index contributed by atoms with van der Waals surface area (Å²) in [5.74, 6) is -0.737. The van der Waals surface area contributed by atoms with Gasteiger partial charge in [-0.25, -0.2) is 4.98 Å². The lowest BCUT2D eigenvalue weighted by atomic mass is 9.92. The summed E-state index contributed by atoms with van der Waals surface area (Å²) in [6, 6.07) is 12.3. The van der Waals surface area contributed by atoms with Gasteiger partial charge in [0.2, 0.25) is 5.91 Å². The second kappa shape index (κ2) is 8.77. The van der Waals surface area contributed by atoms with Crippen molar-refractivity contribution < 1.29 is 18.8 Å². The molecule has 0 saturated carbocycles. The van der Waals surface area contributed by atoms with E-state index in [1.165, 1.54) is 6.26 Å². The molecule has 0 aliphatic heterocycles. The molecule has 3 aromatic rings. The normalized spacial score (nSPS) is 11.2. The van der Waals surface area contributed by atoms with Crippen molar-refractivity contribution >= 4 is 28.6 Å². The number of hydrazine groups is 1. The van der Waals surface area contributed by atoms with Gasteiger partial charge in [-0.3, -0.25) is 25.2 Å². The molecule has 1 aromatic carbocycles. The van der Waals surface area contributed by atoms with E-state index in [9.17, 15) is 14.4 Å². The first kappa shape index (κ1) is 21.0. The molecule has 0 saturated heterocycles. The van der Waals surface area contributed by atoms with Crippen molar-refractivity contribution in [2.45, 2.75) is 27.2 Å². The number of rotatable bonds is 5. The van der Waals surface area contributed by atoms with Gasteiger partial charge in [0.25, 0.3) is 11.8 Å². The van der Waals surface area contributed by atoms with Crippen molar-refractivity contribution in [3.63, 3.8) is 0 Å². The number of hydrogen-bond donors (Lipinski definition) is 3. The van der Waals surface area contributed by atoms with Gasteiger partial charge in [0.1, 0.15) is 5.69 Å². The highest BCUT2D eigenvalue weighted by molar-refractivity contribution is 6.07. The van der Waals surface area contributed by atoms with Gasteiger partial charge >= 0.3 is 0 Å². The number of para-hydroxylation sites is 1. The molecule has 0 aliphatic rings. The first-order valence-corrected chi connectivity index (χ1v) is 9.52. The highest BCUT2D eigenvalue weighted by Crippen LogP contribution is 2.25. The maximum Gasteiger partial charge on any atom is 0.270 e. The van der Waals surface area contributed by atoms with Crippen molar-refractivity contribution in [3.8, 4) is 11.5 Å². The Morgan fingerprint density at radius 3 is 2.47 bits per heavy atom. The standard InChI is InChI=1S/C22H24N4O4/c1-22(2,3)12-19(27)23-13-20(28)25-26-21(29)15-11-17(18-9-6-10-30-18)24-16-8-5-4-7-14(15)16/h4-11H,12-13H2,1-3H3,(H,23,27)(H,25,28)(H,26,29).